The molecule has 3 rings (SSSR count). The molecule has 1 aromatic heterocycles. The first-order valence-electron chi connectivity index (χ1n) is 7.50. The first kappa shape index (κ1) is 14.8. The van der Waals surface area contributed by atoms with Gasteiger partial charge in [-0.1, -0.05) is 6.07 Å². The quantitative estimate of drug-likeness (QED) is 0.891. The molecule has 1 unspecified atom stereocenters. The van der Waals surface area contributed by atoms with Gasteiger partial charge in [-0.15, -0.1) is 0 Å². The van der Waals surface area contributed by atoms with Crippen molar-refractivity contribution < 1.29 is 9.50 Å². The molecule has 1 aliphatic rings. The van der Waals surface area contributed by atoms with Crippen molar-refractivity contribution in [3.05, 3.63) is 53.5 Å². The van der Waals surface area contributed by atoms with E-state index in [4.69, 9.17) is 5.11 Å². The molecular formula is C17H20FN3O. The fraction of sp³-hybridized carbons (Fsp3) is 0.353. The maximum Gasteiger partial charge on any atom is 0.126 e. The predicted molar refractivity (Wildman–Crippen MR) is 85.7 cm³/mol. The summed E-state index contributed by atoms with van der Waals surface area (Å²) in [6.45, 7) is 0.685. The van der Waals surface area contributed by atoms with E-state index in [1.54, 1.807) is 12.3 Å². The van der Waals surface area contributed by atoms with Gasteiger partial charge >= 0.3 is 0 Å². The van der Waals surface area contributed by atoms with E-state index in [-0.39, 0.29) is 18.5 Å². The lowest BCUT2D eigenvalue weighted by Crippen LogP contribution is -2.21. The molecule has 0 saturated heterocycles. The van der Waals surface area contributed by atoms with Crippen LogP contribution in [0.25, 0.3) is 0 Å². The van der Waals surface area contributed by atoms with E-state index in [0.29, 0.717) is 6.54 Å². The number of pyridine rings is 1. The van der Waals surface area contributed by atoms with Crippen LogP contribution in [0.15, 0.2) is 36.5 Å². The topological polar surface area (TPSA) is 48.4 Å². The molecule has 2 aromatic rings. The Kier molecular flexibility index (Phi) is 4.24. The molecule has 2 N–H and O–H groups in total. The summed E-state index contributed by atoms with van der Waals surface area (Å²) in [6.07, 6.45) is 3.69. The zero-order valence-electron chi connectivity index (χ0n) is 12.6. The van der Waals surface area contributed by atoms with Crippen molar-refractivity contribution >= 4 is 11.5 Å². The largest absolute Gasteiger partial charge is 0.395 e. The number of fused-ring (bicyclic) bond motifs is 1. The molecule has 1 atom stereocenters. The van der Waals surface area contributed by atoms with Gasteiger partial charge in [-0.3, -0.25) is 0 Å². The molecule has 4 nitrogen and oxygen atoms in total. The van der Waals surface area contributed by atoms with E-state index in [2.05, 4.69) is 10.3 Å². The number of nitrogens with one attached hydrogen (secondary N) is 1. The summed E-state index contributed by atoms with van der Waals surface area (Å²) in [7, 11) is 1.91. The Hall–Kier alpha value is -2.14. The highest BCUT2D eigenvalue weighted by Gasteiger charge is 2.23. The van der Waals surface area contributed by atoms with Crippen molar-refractivity contribution in [2.24, 2.45) is 0 Å². The molecule has 1 heterocycles. The zero-order valence-corrected chi connectivity index (χ0v) is 12.6. The van der Waals surface area contributed by atoms with Crippen molar-refractivity contribution in [3.63, 3.8) is 0 Å². The Morgan fingerprint density at radius 2 is 2.23 bits per heavy atom. The standard InChI is InChI=1S/C17H20FN3O/c1-21(8-9-22)14-5-7-17(19-11-14)20-16-6-3-12-2-4-13(18)10-15(12)16/h2,4-5,7,10-11,16,22H,3,6,8-9H2,1H3,(H,19,20). The number of nitrogens with zero attached hydrogens (tertiary/aromatic N) is 2. The minimum Gasteiger partial charge on any atom is -0.395 e. The van der Waals surface area contributed by atoms with E-state index in [0.717, 1.165) is 29.9 Å². The molecule has 0 aliphatic heterocycles. The summed E-state index contributed by atoms with van der Waals surface area (Å²) in [5, 5.41) is 12.3. The van der Waals surface area contributed by atoms with Crippen LogP contribution in [0.3, 0.4) is 0 Å². The van der Waals surface area contributed by atoms with Crippen molar-refractivity contribution in [2.45, 2.75) is 18.9 Å². The minimum atomic E-state index is -0.193. The summed E-state index contributed by atoms with van der Waals surface area (Å²) >= 11 is 0. The molecule has 22 heavy (non-hydrogen) atoms. The van der Waals surface area contributed by atoms with Crippen molar-refractivity contribution in [1.82, 2.24) is 4.98 Å². The molecule has 0 spiro atoms. The van der Waals surface area contributed by atoms with E-state index in [1.807, 2.05) is 30.1 Å². The number of aromatic nitrogens is 1. The zero-order chi connectivity index (χ0) is 15.5. The summed E-state index contributed by atoms with van der Waals surface area (Å²) < 4.78 is 13.4. The van der Waals surface area contributed by atoms with Crippen LogP contribution in [0.4, 0.5) is 15.9 Å². The van der Waals surface area contributed by atoms with Gasteiger partial charge < -0.3 is 15.3 Å². The first-order valence-corrected chi connectivity index (χ1v) is 7.50. The minimum absolute atomic E-state index is 0.110. The Morgan fingerprint density at radius 3 is 2.95 bits per heavy atom. The lowest BCUT2D eigenvalue weighted by molar-refractivity contribution is 0.304. The second kappa shape index (κ2) is 6.32. The van der Waals surface area contributed by atoms with Crippen LogP contribution in [0.5, 0.6) is 0 Å². The van der Waals surface area contributed by atoms with E-state index >= 15 is 0 Å². The van der Waals surface area contributed by atoms with Gasteiger partial charge in [0.05, 0.1) is 24.5 Å². The van der Waals surface area contributed by atoms with Gasteiger partial charge in [0.1, 0.15) is 11.6 Å². The smallest absolute Gasteiger partial charge is 0.126 e. The summed E-state index contributed by atoms with van der Waals surface area (Å²) in [5.41, 5.74) is 3.19. The predicted octanol–water partition coefficient (Wildman–Crippen LogP) is 2.75. The second-order valence-corrected chi connectivity index (χ2v) is 5.63. The molecule has 0 bridgehead atoms. The number of benzene rings is 1. The summed E-state index contributed by atoms with van der Waals surface area (Å²) in [4.78, 5) is 6.35. The number of hydrogen-bond acceptors (Lipinski definition) is 4. The molecular weight excluding hydrogens is 281 g/mol. The molecule has 5 heteroatoms. The molecule has 1 aliphatic carbocycles. The van der Waals surface area contributed by atoms with Gasteiger partial charge in [-0.05, 0) is 48.2 Å². The molecule has 0 saturated carbocycles. The number of anilines is 2. The third kappa shape index (κ3) is 3.04. The lowest BCUT2D eigenvalue weighted by Gasteiger charge is -2.19. The summed E-state index contributed by atoms with van der Waals surface area (Å²) in [5.74, 6) is 0.588. The number of aliphatic hydroxyl groups is 1. The van der Waals surface area contributed by atoms with Crippen molar-refractivity contribution in [3.8, 4) is 0 Å². The lowest BCUT2D eigenvalue weighted by atomic mass is 10.1. The van der Waals surface area contributed by atoms with Crippen LogP contribution >= 0.6 is 0 Å². The number of likely N-dealkylation sites (N-methyl/N-ethyl adjacent to an activating group) is 1. The Bertz CT molecular complexity index is 645. The summed E-state index contributed by atoms with van der Waals surface area (Å²) in [6, 6.07) is 8.99. The van der Waals surface area contributed by atoms with Gasteiger partial charge in [0, 0.05) is 13.6 Å². The first-order chi connectivity index (χ1) is 10.7. The third-order valence-corrected chi connectivity index (χ3v) is 4.13. The fourth-order valence-electron chi connectivity index (χ4n) is 2.88. The van der Waals surface area contributed by atoms with Gasteiger partial charge in [0.2, 0.25) is 0 Å². The van der Waals surface area contributed by atoms with Crippen molar-refractivity contribution in [1.29, 1.82) is 0 Å². The monoisotopic (exact) mass is 301 g/mol. The maximum atomic E-state index is 13.4. The highest BCUT2D eigenvalue weighted by Crippen LogP contribution is 2.34. The molecule has 0 amide bonds. The number of aryl methyl sites for hydroxylation is 1. The van der Waals surface area contributed by atoms with Gasteiger partial charge in [-0.2, -0.15) is 0 Å². The number of aliphatic hydroxyl groups excluding tert-OH is 1. The van der Waals surface area contributed by atoms with Crippen LogP contribution in [-0.4, -0.2) is 30.3 Å². The molecule has 1 aromatic carbocycles. The average molecular weight is 301 g/mol. The van der Waals surface area contributed by atoms with E-state index in [9.17, 15) is 4.39 Å². The normalized spacial score (nSPS) is 16.4. The average Bonchev–Trinajstić information content (AvgIpc) is 2.90. The Morgan fingerprint density at radius 1 is 1.36 bits per heavy atom. The fourth-order valence-corrected chi connectivity index (χ4v) is 2.88. The van der Waals surface area contributed by atoms with Crippen LogP contribution in [0.2, 0.25) is 0 Å². The highest BCUT2D eigenvalue weighted by molar-refractivity contribution is 5.50. The van der Waals surface area contributed by atoms with Gasteiger partial charge in [0.25, 0.3) is 0 Å². The van der Waals surface area contributed by atoms with E-state index in [1.165, 1.54) is 11.6 Å². The van der Waals surface area contributed by atoms with Crippen LogP contribution in [0.1, 0.15) is 23.6 Å². The Labute approximate surface area is 129 Å². The molecule has 116 valence electrons. The SMILES string of the molecule is CN(CCO)c1ccc(NC2CCc3ccc(F)cc32)nc1. The Balaban J connectivity index is 1.71. The number of halogens is 1. The van der Waals surface area contributed by atoms with Gasteiger partial charge in [-0.25, -0.2) is 9.37 Å². The van der Waals surface area contributed by atoms with Crippen LogP contribution in [0, 0.1) is 5.82 Å². The maximum absolute atomic E-state index is 13.4. The number of hydrogen-bond donors (Lipinski definition) is 2. The second-order valence-electron chi connectivity index (χ2n) is 5.63. The third-order valence-electron chi connectivity index (χ3n) is 4.13. The van der Waals surface area contributed by atoms with Crippen LogP contribution < -0.4 is 10.2 Å². The number of rotatable bonds is 5. The van der Waals surface area contributed by atoms with Crippen LogP contribution in [-0.2, 0) is 6.42 Å². The van der Waals surface area contributed by atoms with Crippen molar-refractivity contribution in [2.75, 3.05) is 30.4 Å². The van der Waals surface area contributed by atoms with E-state index < -0.39 is 0 Å². The molecule has 0 radical (unpaired) electrons. The highest BCUT2D eigenvalue weighted by atomic mass is 19.1. The van der Waals surface area contributed by atoms with Gasteiger partial charge in [0.15, 0.2) is 0 Å². The molecule has 0 fully saturated rings.